The zero-order valence-electron chi connectivity index (χ0n) is 7.38. The second-order valence-electron chi connectivity index (χ2n) is 3.61. The third kappa shape index (κ3) is 2.20. The van der Waals surface area contributed by atoms with Crippen LogP contribution in [0.25, 0.3) is 0 Å². The van der Waals surface area contributed by atoms with Gasteiger partial charge in [0, 0.05) is 6.04 Å². The highest BCUT2D eigenvalue weighted by atomic mass is 15.2. The van der Waals surface area contributed by atoms with Gasteiger partial charge < -0.3 is 0 Å². The lowest BCUT2D eigenvalue weighted by Crippen LogP contribution is -2.40. The fourth-order valence-corrected chi connectivity index (χ4v) is 1.78. The summed E-state index contributed by atoms with van der Waals surface area (Å²) in [5.41, 5.74) is 0. The van der Waals surface area contributed by atoms with Crippen LogP contribution in [0.4, 0.5) is 0 Å². The number of hydrogen-bond acceptors (Lipinski definition) is 2. The minimum absolute atomic E-state index is 0.605. The molecule has 62 valence electrons. The van der Waals surface area contributed by atoms with Gasteiger partial charge in [0.25, 0.3) is 0 Å². The topological polar surface area (TPSA) is 27.0 Å². The smallest absolute Gasteiger partial charge is 0.0868 e. The molecule has 1 saturated heterocycles. The maximum Gasteiger partial charge on any atom is 0.0868 e. The van der Waals surface area contributed by atoms with Gasteiger partial charge >= 0.3 is 0 Å². The average molecular weight is 152 g/mol. The molecule has 1 aliphatic heterocycles. The van der Waals surface area contributed by atoms with Gasteiger partial charge in [-0.1, -0.05) is 6.92 Å². The Hall–Kier alpha value is -0.550. The van der Waals surface area contributed by atoms with Crippen LogP contribution in [-0.4, -0.2) is 24.0 Å². The zero-order chi connectivity index (χ0) is 8.27. The van der Waals surface area contributed by atoms with E-state index in [1.54, 1.807) is 0 Å². The molecule has 0 bridgehead atoms. The van der Waals surface area contributed by atoms with Crippen LogP contribution in [0.15, 0.2) is 0 Å². The second-order valence-corrected chi connectivity index (χ2v) is 3.61. The van der Waals surface area contributed by atoms with Crippen LogP contribution in [0.1, 0.15) is 26.7 Å². The van der Waals surface area contributed by atoms with Crippen LogP contribution >= 0.6 is 0 Å². The summed E-state index contributed by atoms with van der Waals surface area (Å²) in [5.74, 6) is 0.847. The monoisotopic (exact) mass is 152 g/mol. The van der Waals surface area contributed by atoms with Gasteiger partial charge in [-0.25, -0.2) is 0 Å². The maximum absolute atomic E-state index is 8.51. The van der Waals surface area contributed by atoms with Gasteiger partial charge in [0.15, 0.2) is 0 Å². The highest BCUT2D eigenvalue weighted by molar-refractivity contribution is 4.84. The first kappa shape index (κ1) is 8.55. The largest absolute Gasteiger partial charge is 0.288 e. The molecule has 11 heavy (non-hydrogen) atoms. The molecule has 1 rings (SSSR count). The van der Waals surface area contributed by atoms with Crippen molar-refractivity contribution in [3.05, 3.63) is 0 Å². The molecule has 2 heteroatoms. The molecule has 0 saturated carbocycles. The minimum Gasteiger partial charge on any atom is -0.288 e. The molecular formula is C9H16N2. The predicted octanol–water partition coefficient (Wildman–Crippen LogP) is 1.63. The molecule has 0 aromatic heterocycles. The van der Waals surface area contributed by atoms with E-state index in [4.69, 9.17) is 5.26 Å². The van der Waals surface area contributed by atoms with E-state index in [2.05, 4.69) is 24.8 Å². The molecule has 2 unspecified atom stereocenters. The summed E-state index contributed by atoms with van der Waals surface area (Å²) in [6, 6.07) is 2.82. The average Bonchev–Trinajstić information content (AvgIpc) is 1.95. The molecular weight excluding hydrogens is 136 g/mol. The predicted molar refractivity (Wildman–Crippen MR) is 45.0 cm³/mol. The van der Waals surface area contributed by atoms with Crippen LogP contribution in [0.3, 0.4) is 0 Å². The zero-order valence-corrected chi connectivity index (χ0v) is 7.38. The molecule has 0 aromatic carbocycles. The fraction of sp³-hybridized carbons (Fsp3) is 0.889. The van der Waals surface area contributed by atoms with Crippen molar-refractivity contribution in [2.45, 2.75) is 32.7 Å². The molecule has 0 spiro atoms. The Labute approximate surface area is 68.8 Å². The van der Waals surface area contributed by atoms with Gasteiger partial charge in [-0.2, -0.15) is 5.26 Å². The number of nitrogens with zero attached hydrogens (tertiary/aromatic N) is 2. The van der Waals surface area contributed by atoms with E-state index < -0.39 is 0 Å². The Balaban J connectivity index is 2.39. The summed E-state index contributed by atoms with van der Waals surface area (Å²) in [7, 11) is 0. The third-order valence-corrected chi connectivity index (χ3v) is 2.55. The summed E-state index contributed by atoms with van der Waals surface area (Å²) >= 11 is 0. The third-order valence-electron chi connectivity index (χ3n) is 2.55. The fourth-order valence-electron chi connectivity index (χ4n) is 1.78. The molecule has 2 atom stereocenters. The van der Waals surface area contributed by atoms with Gasteiger partial charge in [-0.3, -0.25) is 4.90 Å². The normalized spacial score (nSPS) is 33.2. The van der Waals surface area contributed by atoms with Gasteiger partial charge in [0.05, 0.1) is 12.6 Å². The highest BCUT2D eigenvalue weighted by Crippen LogP contribution is 2.21. The summed E-state index contributed by atoms with van der Waals surface area (Å²) < 4.78 is 0. The summed E-state index contributed by atoms with van der Waals surface area (Å²) in [4.78, 5) is 2.26. The van der Waals surface area contributed by atoms with Gasteiger partial charge in [0.2, 0.25) is 0 Å². The van der Waals surface area contributed by atoms with E-state index in [1.165, 1.54) is 12.8 Å². The van der Waals surface area contributed by atoms with Crippen molar-refractivity contribution in [1.82, 2.24) is 4.90 Å². The van der Waals surface area contributed by atoms with Crippen molar-refractivity contribution in [3.63, 3.8) is 0 Å². The Morgan fingerprint density at radius 2 is 2.27 bits per heavy atom. The second kappa shape index (κ2) is 3.73. The van der Waals surface area contributed by atoms with E-state index in [0.717, 1.165) is 12.5 Å². The van der Waals surface area contributed by atoms with Gasteiger partial charge in [-0.05, 0) is 32.2 Å². The molecule has 0 aliphatic carbocycles. The quantitative estimate of drug-likeness (QED) is 0.534. The lowest BCUT2D eigenvalue weighted by Gasteiger charge is -2.34. The van der Waals surface area contributed by atoms with Crippen molar-refractivity contribution in [1.29, 1.82) is 5.26 Å². The first-order chi connectivity index (χ1) is 5.24. The Kier molecular flexibility index (Phi) is 2.90. The summed E-state index contributed by atoms with van der Waals surface area (Å²) in [6.07, 6.45) is 2.51. The molecule has 0 radical (unpaired) electrons. The lowest BCUT2D eigenvalue weighted by molar-refractivity contribution is 0.146. The molecule has 0 N–H and O–H groups in total. The van der Waals surface area contributed by atoms with Gasteiger partial charge in [-0.15, -0.1) is 0 Å². The van der Waals surface area contributed by atoms with E-state index in [0.29, 0.717) is 12.6 Å². The first-order valence-corrected chi connectivity index (χ1v) is 4.35. The lowest BCUT2D eigenvalue weighted by atomic mass is 9.93. The van der Waals surface area contributed by atoms with E-state index in [-0.39, 0.29) is 0 Å². The number of hydrogen-bond donors (Lipinski definition) is 0. The van der Waals surface area contributed by atoms with Crippen LogP contribution in [0.5, 0.6) is 0 Å². The maximum atomic E-state index is 8.51. The Morgan fingerprint density at radius 1 is 1.55 bits per heavy atom. The SMILES string of the molecule is CC1CCN(CC#N)C(C)C1. The first-order valence-electron chi connectivity index (χ1n) is 4.35. The van der Waals surface area contributed by atoms with Crippen LogP contribution in [0.2, 0.25) is 0 Å². The van der Waals surface area contributed by atoms with E-state index >= 15 is 0 Å². The molecule has 1 aliphatic rings. The van der Waals surface area contributed by atoms with Crippen molar-refractivity contribution in [2.24, 2.45) is 5.92 Å². The number of piperidine rings is 1. The summed E-state index contributed by atoms with van der Waals surface area (Å²) in [6.45, 7) is 6.22. The molecule has 0 amide bonds. The van der Waals surface area contributed by atoms with Crippen molar-refractivity contribution in [3.8, 4) is 6.07 Å². The summed E-state index contributed by atoms with van der Waals surface area (Å²) in [5, 5.41) is 8.51. The minimum atomic E-state index is 0.605. The van der Waals surface area contributed by atoms with E-state index in [1.807, 2.05) is 0 Å². The molecule has 2 nitrogen and oxygen atoms in total. The number of rotatable bonds is 1. The Morgan fingerprint density at radius 3 is 2.82 bits per heavy atom. The van der Waals surface area contributed by atoms with Crippen LogP contribution in [0, 0.1) is 17.2 Å². The van der Waals surface area contributed by atoms with Crippen molar-refractivity contribution < 1.29 is 0 Å². The van der Waals surface area contributed by atoms with E-state index in [9.17, 15) is 0 Å². The standard InChI is InChI=1S/C9H16N2/c1-8-3-5-11(6-4-10)9(2)7-8/h8-9H,3,5-7H2,1-2H3. The van der Waals surface area contributed by atoms with Gasteiger partial charge in [0.1, 0.15) is 0 Å². The van der Waals surface area contributed by atoms with Crippen LogP contribution < -0.4 is 0 Å². The molecule has 0 aromatic rings. The van der Waals surface area contributed by atoms with Crippen molar-refractivity contribution in [2.75, 3.05) is 13.1 Å². The van der Waals surface area contributed by atoms with Crippen molar-refractivity contribution >= 4 is 0 Å². The van der Waals surface area contributed by atoms with Crippen LogP contribution in [-0.2, 0) is 0 Å². The Bertz CT molecular complexity index is 159. The molecule has 1 heterocycles. The molecule has 1 fully saturated rings. The highest BCUT2D eigenvalue weighted by Gasteiger charge is 2.21. The number of likely N-dealkylation sites (tertiary alicyclic amines) is 1. The number of nitriles is 1.